The fourth-order valence-electron chi connectivity index (χ4n) is 3.46. The Bertz CT molecular complexity index is 737. The first-order chi connectivity index (χ1) is 12.2. The van der Waals surface area contributed by atoms with Crippen LogP contribution in [0.3, 0.4) is 0 Å². The van der Waals surface area contributed by atoms with Crippen molar-refractivity contribution < 1.29 is 9.53 Å². The highest BCUT2D eigenvalue weighted by Gasteiger charge is 2.45. The Kier molecular flexibility index (Phi) is 4.31. The van der Waals surface area contributed by atoms with Gasteiger partial charge < -0.3 is 15.0 Å². The molecule has 2 aliphatic heterocycles. The number of aromatic nitrogens is 3. The van der Waals surface area contributed by atoms with E-state index in [4.69, 9.17) is 4.74 Å². The van der Waals surface area contributed by atoms with Crippen molar-refractivity contribution in [1.29, 1.82) is 0 Å². The average molecular weight is 339 g/mol. The van der Waals surface area contributed by atoms with Crippen molar-refractivity contribution in [2.24, 2.45) is 5.92 Å². The van der Waals surface area contributed by atoms with Crippen molar-refractivity contribution in [3.63, 3.8) is 0 Å². The van der Waals surface area contributed by atoms with Crippen molar-refractivity contribution in [3.05, 3.63) is 42.5 Å². The van der Waals surface area contributed by atoms with Crippen LogP contribution in [0, 0.1) is 5.92 Å². The number of hydrogen-bond acceptors (Lipinski definition) is 6. The predicted octanol–water partition coefficient (Wildman–Crippen LogP) is 1.67. The molecule has 2 saturated heterocycles. The lowest BCUT2D eigenvalue weighted by Crippen LogP contribution is -2.45. The molecule has 2 bridgehead atoms. The van der Waals surface area contributed by atoms with Crippen molar-refractivity contribution >= 4 is 17.5 Å². The molecule has 0 unspecified atom stereocenters. The van der Waals surface area contributed by atoms with Crippen molar-refractivity contribution in [2.45, 2.75) is 32.0 Å². The number of nitrogens with zero attached hydrogens (tertiary/aromatic N) is 4. The normalized spacial score (nSPS) is 25.0. The second-order valence-corrected chi connectivity index (χ2v) is 6.52. The van der Waals surface area contributed by atoms with E-state index in [-0.39, 0.29) is 24.0 Å². The zero-order valence-electron chi connectivity index (χ0n) is 14.1. The number of hydrogen-bond donors (Lipinski definition) is 1. The molecule has 130 valence electrons. The maximum Gasteiger partial charge on any atom is 0.230 e. The van der Waals surface area contributed by atoms with Crippen LogP contribution in [0.25, 0.3) is 0 Å². The lowest BCUT2D eigenvalue weighted by molar-refractivity contribution is -0.121. The number of rotatable bonds is 4. The molecule has 7 heteroatoms. The van der Waals surface area contributed by atoms with Crippen LogP contribution in [0.1, 0.15) is 18.9 Å². The van der Waals surface area contributed by atoms with Gasteiger partial charge in [0.25, 0.3) is 0 Å². The Labute approximate surface area is 146 Å². The lowest BCUT2D eigenvalue weighted by atomic mass is 9.99. The number of fused-ring (bicyclic) bond motifs is 2. The number of nitrogens with one attached hydrogen (secondary N) is 1. The molecule has 0 aliphatic carbocycles. The monoisotopic (exact) mass is 339 g/mol. The summed E-state index contributed by atoms with van der Waals surface area (Å²) in [4.78, 5) is 27.7. The van der Waals surface area contributed by atoms with Gasteiger partial charge in [-0.3, -0.25) is 9.78 Å². The van der Waals surface area contributed by atoms with E-state index in [0.29, 0.717) is 18.2 Å². The molecular formula is C18H21N5O2. The highest BCUT2D eigenvalue weighted by molar-refractivity contribution is 5.93. The molecule has 4 heterocycles. The minimum absolute atomic E-state index is 0.00963. The molecule has 4 rings (SSSR count). The quantitative estimate of drug-likeness (QED) is 0.913. The summed E-state index contributed by atoms with van der Waals surface area (Å²) in [7, 11) is 0. The third-order valence-corrected chi connectivity index (χ3v) is 4.81. The summed E-state index contributed by atoms with van der Waals surface area (Å²) in [5.74, 6) is 0.540. The van der Waals surface area contributed by atoms with Crippen molar-refractivity contribution in [2.75, 3.05) is 23.3 Å². The Morgan fingerprint density at radius 2 is 2.16 bits per heavy atom. The first-order valence-corrected chi connectivity index (χ1v) is 8.65. The maximum atomic E-state index is 12.6. The van der Waals surface area contributed by atoms with E-state index < -0.39 is 0 Å². The van der Waals surface area contributed by atoms with Gasteiger partial charge in [0.2, 0.25) is 11.9 Å². The van der Waals surface area contributed by atoms with E-state index in [9.17, 15) is 4.79 Å². The van der Waals surface area contributed by atoms with Gasteiger partial charge in [0.15, 0.2) is 0 Å². The van der Waals surface area contributed by atoms with Gasteiger partial charge in [-0.25, -0.2) is 9.97 Å². The van der Waals surface area contributed by atoms with Crippen LogP contribution in [-0.2, 0) is 16.0 Å². The summed E-state index contributed by atoms with van der Waals surface area (Å²) < 4.78 is 5.99. The van der Waals surface area contributed by atoms with Crippen LogP contribution in [0.5, 0.6) is 0 Å². The molecule has 3 atom stereocenters. The SMILES string of the molecule is CCc1cnc(N2C[C@H]3C[C@H](C(=O)Nc4cccnc4)[C@@H](C2)O3)nc1. The standard InChI is InChI=1S/C18H21N5O2/c1-2-12-7-20-18(21-8-12)23-10-14-6-15(16(11-23)25-14)17(24)22-13-4-3-5-19-9-13/h3-5,7-9,14-16H,2,6,10-11H2,1H3,(H,22,24)/t14-,15+,16-/m1/s1. The molecule has 2 aromatic rings. The van der Waals surface area contributed by atoms with E-state index in [1.807, 2.05) is 18.5 Å². The smallest absolute Gasteiger partial charge is 0.230 e. The summed E-state index contributed by atoms with van der Waals surface area (Å²) in [6.45, 7) is 3.44. The molecule has 25 heavy (non-hydrogen) atoms. The van der Waals surface area contributed by atoms with Gasteiger partial charge in [0.1, 0.15) is 0 Å². The first-order valence-electron chi connectivity index (χ1n) is 8.65. The molecule has 0 spiro atoms. The minimum Gasteiger partial charge on any atom is -0.370 e. The first kappa shape index (κ1) is 16.0. The third-order valence-electron chi connectivity index (χ3n) is 4.81. The minimum atomic E-state index is -0.162. The Hall–Kier alpha value is -2.54. The van der Waals surface area contributed by atoms with Crippen LogP contribution in [0.2, 0.25) is 0 Å². The van der Waals surface area contributed by atoms with Crippen molar-refractivity contribution in [1.82, 2.24) is 15.0 Å². The van der Waals surface area contributed by atoms with Crippen LogP contribution in [0.15, 0.2) is 36.9 Å². The molecule has 0 aromatic carbocycles. The number of aryl methyl sites for hydroxylation is 1. The number of ether oxygens (including phenoxy) is 1. The van der Waals surface area contributed by atoms with Gasteiger partial charge >= 0.3 is 0 Å². The zero-order chi connectivity index (χ0) is 17.2. The van der Waals surface area contributed by atoms with Gasteiger partial charge in [-0.05, 0) is 30.5 Å². The van der Waals surface area contributed by atoms with E-state index >= 15 is 0 Å². The summed E-state index contributed by atoms with van der Waals surface area (Å²) in [6.07, 6.45) is 8.62. The summed E-state index contributed by atoms with van der Waals surface area (Å²) in [5.41, 5.74) is 1.83. The molecule has 2 aromatic heterocycles. The van der Waals surface area contributed by atoms with E-state index in [1.165, 1.54) is 0 Å². The fourth-order valence-corrected chi connectivity index (χ4v) is 3.46. The zero-order valence-corrected chi connectivity index (χ0v) is 14.1. The van der Waals surface area contributed by atoms with Gasteiger partial charge in [0, 0.05) is 31.7 Å². The van der Waals surface area contributed by atoms with Crippen molar-refractivity contribution in [3.8, 4) is 0 Å². The van der Waals surface area contributed by atoms with Gasteiger partial charge in [-0.1, -0.05) is 6.92 Å². The van der Waals surface area contributed by atoms with Gasteiger partial charge in [0.05, 0.1) is 30.0 Å². The van der Waals surface area contributed by atoms with E-state index in [2.05, 4.69) is 32.1 Å². The van der Waals surface area contributed by atoms with Crippen LogP contribution in [0.4, 0.5) is 11.6 Å². The predicted molar refractivity (Wildman–Crippen MR) is 93.3 cm³/mol. The molecular weight excluding hydrogens is 318 g/mol. The molecule has 1 amide bonds. The third kappa shape index (κ3) is 3.32. The number of morpholine rings is 1. The number of carbonyl (C=O) groups is 1. The second-order valence-electron chi connectivity index (χ2n) is 6.52. The summed E-state index contributed by atoms with van der Waals surface area (Å²) >= 11 is 0. The highest BCUT2D eigenvalue weighted by atomic mass is 16.5. The Morgan fingerprint density at radius 1 is 1.32 bits per heavy atom. The largest absolute Gasteiger partial charge is 0.370 e. The maximum absolute atomic E-state index is 12.6. The molecule has 7 nitrogen and oxygen atoms in total. The van der Waals surface area contributed by atoms with Gasteiger partial charge in [-0.15, -0.1) is 0 Å². The highest BCUT2D eigenvalue weighted by Crippen LogP contribution is 2.33. The molecule has 0 radical (unpaired) electrons. The number of carbonyl (C=O) groups excluding carboxylic acids is 1. The Balaban J connectivity index is 1.44. The second kappa shape index (κ2) is 6.76. The number of amides is 1. The fraction of sp³-hybridized carbons (Fsp3) is 0.444. The number of anilines is 2. The number of pyridine rings is 1. The lowest BCUT2D eigenvalue weighted by Gasteiger charge is -2.32. The molecule has 1 N–H and O–H groups in total. The van der Waals surface area contributed by atoms with Crippen LogP contribution in [-0.4, -0.2) is 46.2 Å². The molecule has 0 saturated carbocycles. The topological polar surface area (TPSA) is 80.2 Å². The molecule has 2 fully saturated rings. The van der Waals surface area contributed by atoms with E-state index in [1.54, 1.807) is 18.5 Å². The van der Waals surface area contributed by atoms with Crippen LogP contribution >= 0.6 is 0 Å². The average Bonchev–Trinajstić information content (AvgIpc) is 2.96. The summed E-state index contributed by atoms with van der Waals surface area (Å²) in [5, 5.41) is 2.93. The van der Waals surface area contributed by atoms with Crippen LogP contribution < -0.4 is 10.2 Å². The van der Waals surface area contributed by atoms with Gasteiger partial charge in [-0.2, -0.15) is 0 Å². The molecule has 2 aliphatic rings. The summed E-state index contributed by atoms with van der Waals surface area (Å²) in [6, 6.07) is 3.64. The Morgan fingerprint density at radius 3 is 2.88 bits per heavy atom. The van der Waals surface area contributed by atoms with E-state index in [0.717, 1.165) is 24.9 Å².